The number of alkyl carbamates (subject to hydrolysis) is 1. The van der Waals surface area contributed by atoms with E-state index in [1.54, 1.807) is 0 Å². The minimum absolute atomic E-state index is 0.00782. The average molecular weight is 428 g/mol. The van der Waals surface area contributed by atoms with Crippen LogP contribution in [0, 0.1) is 0 Å². The van der Waals surface area contributed by atoms with Gasteiger partial charge in [-0.15, -0.1) is 0 Å². The van der Waals surface area contributed by atoms with E-state index < -0.39 is 24.1 Å². The molecule has 1 aliphatic carbocycles. The number of hydrogen-bond acceptors (Lipinski definition) is 6. The Kier molecular flexibility index (Phi) is 7.58. The van der Waals surface area contributed by atoms with Crippen molar-refractivity contribution >= 4 is 18.0 Å². The second-order valence-corrected chi connectivity index (χ2v) is 6.93. The fourth-order valence-corrected chi connectivity index (χ4v) is 3.42. The first kappa shape index (κ1) is 22.3. The van der Waals surface area contributed by atoms with Crippen molar-refractivity contribution < 1.29 is 33.8 Å². The molecule has 3 N–H and O–H groups in total. The molecule has 31 heavy (non-hydrogen) atoms. The van der Waals surface area contributed by atoms with Gasteiger partial charge < -0.3 is 19.9 Å². The minimum atomic E-state index is -1.32. The summed E-state index contributed by atoms with van der Waals surface area (Å²) >= 11 is 0. The maximum Gasteiger partial charge on any atom is 0.407 e. The van der Waals surface area contributed by atoms with Crippen molar-refractivity contribution in [1.82, 2.24) is 10.8 Å². The number of hydrogen-bond donors (Lipinski definition) is 3. The molecule has 0 bridgehead atoms. The van der Waals surface area contributed by atoms with Crippen LogP contribution in [0.5, 0.6) is 0 Å². The Bertz CT molecular complexity index is 901. The highest BCUT2D eigenvalue weighted by Gasteiger charge is 2.29. The van der Waals surface area contributed by atoms with E-state index in [0.29, 0.717) is 0 Å². The molecule has 3 rings (SSSR count). The number of carbonyl (C=O) groups is 3. The van der Waals surface area contributed by atoms with Gasteiger partial charge in [0, 0.05) is 26.0 Å². The van der Waals surface area contributed by atoms with Crippen LogP contribution in [0.4, 0.5) is 4.79 Å². The lowest BCUT2D eigenvalue weighted by atomic mass is 9.98. The van der Waals surface area contributed by atoms with E-state index in [2.05, 4.69) is 17.4 Å². The number of carboxylic acid groups (broad SMARTS) is 1. The molecule has 0 heterocycles. The van der Waals surface area contributed by atoms with E-state index in [1.165, 1.54) is 7.11 Å². The molecule has 0 aliphatic heterocycles. The first-order valence-electron chi connectivity index (χ1n) is 9.76. The molecule has 0 spiro atoms. The zero-order valence-electron chi connectivity index (χ0n) is 17.0. The van der Waals surface area contributed by atoms with Gasteiger partial charge in [0.05, 0.1) is 6.61 Å². The molecule has 1 atom stereocenters. The van der Waals surface area contributed by atoms with Crippen molar-refractivity contribution in [2.75, 3.05) is 26.9 Å². The molecule has 1 aliphatic rings. The van der Waals surface area contributed by atoms with Gasteiger partial charge in [-0.3, -0.25) is 9.63 Å². The largest absolute Gasteiger partial charge is 0.479 e. The maximum atomic E-state index is 12.1. The second-order valence-electron chi connectivity index (χ2n) is 6.93. The van der Waals surface area contributed by atoms with Gasteiger partial charge in [-0.2, -0.15) is 0 Å². The second kappa shape index (κ2) is 10.6. The van der Waals surface area contributed by atoms with Crippen molar-refractivity contribution in [3.8, 4) is 11.1 Å². The Labute approximate surface area is 179 Å². The Morgan fingerprint density at radius 1 is 1.03 bits per heavy atom. The SMILES string of the molecule is COCC(ONC(=O)CCNC(=O)OCC1c2ccccc2-c2ccccc21)C(=O)O. The summed E-state index contributed by atoms with van der Waals surface area (Å²) in [5.41, 5.74) is 6.52. The average Bonchev–Trinajstić information content (AvgIpc) is 3.09. The van der Waals surface area contributed by atoms with Gasteiger partial charge in [0.2, 0.25) is 12.0 Å². The van der Waals surface area contributed by atoms with Gasteiger partial charge in [-0.1, -0.05) is 48.5 Å². The Hall–Kier alpha value is -3.43. The quantitative estimate of drug-likeness (QED) is 0.495. The van der Waals surface area contributed by atoms with Gasteiger partial charge in [0.25, 0.3) is 0 Å². The molecular formula is C22H24N2O7. The third kappa shape index (κ3) is 5.59. The van der Waals surface area contributed by atoms with Crippen LogP contribution in [0.15, 0.2) is 48.5 Å². The van der Waals surface area contributed by atoms with Crippen LogP contribution in [0.3, 0.4) is 0 Å². The van der Waals surface area contributed by atoms with Crippen LogP contribution in [-0.4, -0.2) is 56.0 Å². The smallest absolute Gasteiger partial charge is 0.407 e. The van der Waals surface area contributed by atoms with Gasteiger partial charge >= 0.3 is 12.1 Å². The number of fused-ring (bicyclic) bond motifs is 3. The van der Waals surface area contributed by atoms with Gasteiger partial charge in [0.1, 0.15) is 6.61 Å². The molecule has 0 fully saturated rings. The molecule has 2 aromatic carbocycles. The summed E-state index contributed by atoms with van der Waals surface area (Å²) in [6.45, 7) is -0.0338. The highest BCUT2D eigenvalue weighted by atomic mass is 16.7. The van der Waals surface area contributed by atoms with Crippen LogP contribution in [0.25, 0.3) is 11.1 Å². The summed E-state index contributed by atoms with van der Waals surface area (Å²) in [4.78, 5) is 39.5. The van der Waals surface area contributed by atoms with E-state index in [4.69, 9.17) is 19.4 Å². The van der Waals surface area contributed by atoms with Crippen molar-refractivity contribution in [2.45, 2.75) is 18.4 Å². The molecule has 0 radical (unpaired) electrons. The predicted molar refractivity (Wildman–Crippen MR) is 110 cm³/mol. The van der Waals surface area contributed by atoms with Gasteiger partial charge in [-0.05, 0) is 22.3 Å². The van der Waals surface area contributed by atoms with E-state index in [0.717, 1.165) is 22.3 Å². The maximum absolute atomic E-state index is 12.1. The van der Waals surface area contributed by atoms with E-state index >= 15 is 0 Å². The van der Waals surface area contributed by atoms with Gasteiger partial charge in [-0.25, -0.2) is 15.1 Å². The number of ether oxygens (including phenoxy) is 2. The number of rotatable bonds is 10. The van der Waals surface area contributed by atoms with Crippen LogP contribution < -0.4 is 10.8 Å². The van der Waals surface area contributed by atoms with E-state index in [-0.39, 0.29) is 32.1 Å². The molecule has 164 valence electrons. The molecule has 0 saturated carbocycles. The number of hydroxylamine groups is 1. The fraction of sp³-hybridized carbons (Fsp3) is 0.318. The minimum Gasteiger partial charge on any atom is -0.479 e. The van der Waals surface area contributed by atoms with Crippen molar-refractivity contribution in [2.24, 2.45) is 0 Å². The molecule has 9 heteroatoms. The van der Waals surface area contributed by atoms with E-state index in [9.17, 15) is 14.4 Å². The fourth-order valence-electron chi connectivity index (χ4n) is 3.42. The van der Waals surface area contributed by atoms with Crippen LogP contribution in [0.1, 0.15) is 23.5 Å². The van der Waals surface area contributed by atoms with Crippen molar-refractivity contribution in [3.63, 3.8) is 0 Å². The standard InChI is InChI=1S/C22H24N2O7/c1-29-13-19(21(26)27)31-24-20(25)10-11-23-22(28)30-12-18-16-8-4-2-6-14(16)15-7-3-5-9-17(15)18/h2-9,18-19H,10-13H2,1H3,(H,23,28)(H,24,25)(H,26,27). The number of carboxylic acids is 1. The summed E-state index contributed by atoms with van der Waals surface area (Å²) in [6, 6.07) is 16.0. The lowest BCUT2D eigenvalue weighted by molar-refractivity contribution is -0.164. The lowest BCUT2D eigenvalue weighted by Gasteiger charge is -2.15. The van der Waals surface area contributed by atoms with E-state index in [1.807, 2.05) is 41.9 Å². The topological polar surface area (TPSA) is 123 Å². The predicted octanol–water partition coefficient (Wildman–Crippen LogP) is 2.06. The first-order valence-corrected chi connectivity index (χ1v) is 9.76. The summed E-state index contributed by atoms with van der Waals surface area (Å²) < 4.78 is 10.1. The van der Waals surface area contributed by atoms with Crippen LogP contribution >= 0.6 is 0 Å². The zero-order valence-corrected chi connectivity index (χ0v) is 17.0. The Morgan fingerprint density at radius 3 is 2.23 bits per heavy atom. The normalized spacial score (nSPS) is 13.1. The number of amides is 2. The lowest BCUT2D eigenvalue weighted by Crippen LogP contribution is -2.38. The van der Waals surface area contributed by atoms with Crippen molar-refractivity contribution in [3.05, 3.63) is 59.7 Å². The third-order valence-electron chi connectivity index (χ3n) is 4.87. The number of benzene rings is 2. The molecule has 1 unspecified atom stereocenters. The third-order valence-corrected chi connectivity index (χ3v) is 4.87. The zero-order chi connectivity index (χ0) is 22.2. The number of carbonyl (C=O) groups excluding carboxylic acids is 2. The monoisotopic (exact) mass is 428 g/mol. The Morgan fingerprint density at radius 2 is 1.65 bits per heavy atom. The number of aliphatic carboxylic acids is 1. The van der Waals surface area contributed by atoms with Crippen molar-refractivity contribution in [1.29, 1.82) is 0 Å². The van der Waals surface area contributed by atoms with Gasteiger partial charge in [0.15, 0.2) is 0 Å². The molecular weight excluding hydrogens is 404 g/mol. The Balaban J connectivity index is 1.43. The molecule has 2 amide bonds. The molecule has 0 saturated heterocycles. The number of nitrogens with one attached hydrogen (secondary N) is 2. The molecule has 2 aromatic rings. The first-order chi connectivity index (χ1) is 15.0. The van der Waals surface area contributed by atoms with Crippen LogP contribution in [-0.2, 0) is 23.9 Å². The summed E-state index contributed by atoms with van der Waals surface area (Å²) in [5, 5.41) is 11.4. The summed E-state index contributed by atoms with van der Waals surface area (Å²) in [5.74, 6) is -1.90. The summed E-state index contributed by atoms with van der Waals surface area (Å²) in [7, 11) is 1.32. The van der Waals surface area contributed by atoms with Crippen LogP contribution in [0.2, 0.25) is 0 Å². The highest BCUT2D eigenvalue weighted by molar-refractivity contribution is 5.79. The summed E-state index contributed by atoms with van der Waals surface area (Å²) in [6.07, 6.45) is -2.06. The highest BCUT2D eigenvalue weighted by Crippen LogP contribution is 2.44. The molecule has 9 nitrogen and oxygen atoms in total. The number of methoxy groups -OCH3 is 1. The molecule has 0 aromatic heterocycles.